The molecule has 2 rings (SSSR count). The molecule has 0 aliphatic rings. The third kappa shape index (κ3) is 4.06. The van der Waals surface area contributed by atoms with Crippen molar-refractivity contribution in [3.05, 3.63) is 48.3 Å². The Labute approximate surface area is 122 Å². The van der Waals surface area contributed by atoms with Gasteiger partial charge in [-0.05, 0) is 18.6 Å². The third-order valence-electron chi connectivity index (χ3n) is 3.15. The van der Waals surface area contributed by atoms with E-state index in [4.69, 9.17) is 5.84 Å². The molecule has 1 aromatic heterocycles. The van der Waals surface area contributed by atoms with Gasteiger partial charge in [0.25, 0.3) is 0 Å². The normalized spacial score (nSPS) is 12.6. The highest BCUT2D eigenvalue weighted by Gasteiger charge is 2.11. The molecule has 1 aromatic carbocycles. The molecule has 20 heavy (non-hydrogen) atoms. The number of hydrogen-bond acceptors (Lipinski definition) is 4. The van der Waals surface area contributed by atoms with E-state index in [1.807, 2.05) is 23.9 Å². The van der Waals surface area contributed by atoms with Crippen LogP contribution >= 0.6 is 11.8 Å². The molecule has 0 saturated carbocycles. The summed E-state index contributed by atoms with van der Waals surface area (Å²) in [7, 11) is 1.97. The summed E-state index contributed by atoms with van der Waals surface area (Å²) in [6.45, 7) is 0. The van der Waals surface area contributed by atoms with Crippen molar-refractivity contribution in [1.82, 2.24) is 15.0 Å². The Morgan fingerprint density at radius 2 is 2.25 bits per heavy atom. The van der Waals surface area contributed by atoms with E-state index in [0.29, 0.717) is 4.90 Å². The van der Waals surface area contributed by atoms with Crippen molar-refractivity contribution in [2.24, 2.45) is 12.9 Å². The molecule has 108 valence electrons. The standard InChI is InChI=1S/C14H19FN4S/c1-19-9-8-17-14(19)7-6-11(18-16)10-20-13-5-3-2-4-12(13)15/h2-5,8-9,11,18H,6-7,10,16H2,1H3. The number of nitrogens with one attached hydrogen (secondary N) is 1. The smallest absolute Gasteiger partial charge is 0.136 e. The van der Waals surface area contributed by atoms with E-state index in [-0.39, 0.29) is 11.9 Å². The number of benzene rings is 1. The number of hydrazine groups is 1. The van der Waals surface area contributed by atoms with Crippen LogP contribution in [-0.4, -0.2) is 21.3 Å². The number of nitrogens with zero attached hydrogens (tertiary/aromatic N) is 2. The molecule has 1 atom stereocenters. The van der Waals surface area contributed by atoms with Crippen molar-refractivity contribution in [1.29, 1.82) is 0 Å². The first-order valence-electron chi connectivity index (χ1n) is 6.50. The molecule has 0 radical (unpaired) electrons. The van der Waals surface area contributed by atoms with Crippen LogP contribution in [0.2, 0.25) is 0 Å². The highest BCUT2D eigenvalue weighted by molar-refractivity contribution is 7.99. The Kier molecular flexibility index (Phi) is 5.58. The number of rotatable bonds is 7. The van der Waals surface area contributed by atoms with Gasteiger partial charge in [-0.25, -0.2) is 9.37 Å². The Bertz CT molecular complexity index is 543. The van der Waals surface area contributed by atoms with Gasteiger partial charge >= 0.3 is 0 Å². The number of thioether (sulfide) groups is 1. The lowest BCUT2D eigenvalue weighted by Crippen LogP contribution is -2.37. The van der Waals surface area contributed by atoms with E-state index < -0.39 is 0 Å². The lowest BCUT2D eigenvalue weighted by molar-refractivity contribution is 0.527. The summed E-state index contributed by atoms with van der Waals surface area (Å²) in [4.78, 5) is 4.94. The zero-order valence-electron chi connectivity index (χ0n) is 11.4. The van der Waals surface area contributed by atoms with Gasteiger partial charge in [0.05, 0.1) is 0 Å². The van der Waals surface area contributed by atoms with Gasteiger partial charge in [-0.3, -0.25) is 11.3 Å². The predicted molar refractivity (Wildman–Crippen MR) is 79.8 cm³/mol. The lowest BCUT2D eigenvalue weighted by atomic mass is 10.2. The van der Waals surface area contributed by atoms with Crippen LogP contribution in [0, 0.1) is 5.82 Å². The van der Waals surface area contributed by atoms with Crippen LogP contribution in [0.1, 0.15) is 12.2 Å². The molecule has 0 spiro atoms. The van der Waals surface area contributed by atoms with Gasteiger partial charge in [-0.2, -0.15) is 0 Å². The summed E-state index contributed by atoms with van der Waals surface area (Å²) in [5, 5.41) is 0. The molecule has 0 aliphatic carbocycles. The molecule has 6 heteroatoms. The first-order chi connectivity index (χ1) is 9.70. The summed E-state index contributed by atoms with van der Waals surface area (Å²) in [5.41, 5.74) is 2.79. The Morgan fingerprint density at radius 1 is 1.45 bits per heavy atom. The Hall–Kier alpha value is -1.37. The third-order valence-corrected chi connectivity index (χ3v) is 4.36. The monoisotopic (exact) mass is 294 g/mol. The summed E-state index contributed by atoms with van der Waals surface area (Å²) < 4.78 is 15.5. The zero-order valence-corrected chi connectivity index (χ0v) is 12.2. The van der Waals surface area contributed by atoms with Crippen LogP contribution in [0.25, 0.3) is 0 Å². The fourth-order valence-corrected chi connectivity index (χ4v) is 2.93. The summed E-state index contributed by atoms with van der Waals surface area (Å²) in [6, 6.07) is 6.91. The largest absolute Gasteiger partial charge is 0.338 e. The maximum Gasteiger partial charge on any atom is 0.136 e. The second-order valence-electron chi connectivity index (χ2n) is 4.60. The molecular formula is C14H19FN4S. The van der Waals surface area contributed by atoms with Gasteiger partial charge in [-0.1, -0.05) is 12.1 Å². The summed E-state index contributed by atoms with van der Waals surface area (Å²) in [5.74, 6) is 7.14. The molecule has 4 nitrogen and oxygen atoms in total. The lowest BCUT2D eigenvalue weighted by Gasteiger charge is -2.15. The van der Waals surface area contributed by atoms with Crippen LogP contribution in [-0.2, 0) is 13.5 Å². The van der Waals surface area contributed by atoms with Gasteiger partial charge in [0, 0.05) is 42.6 Å². The Morgan fingerprint density at radius 3 is 2.90 bits per heavy atom. The average molecular weight is 294 g/mol. The van der Waals surface area contributed by atoms with E-state index >= 15 is 0 Å². The molecule has 1 heterocycles. The highest BCUT2D eigenvalue weighted by Crippen LogP contribution is 2.22. The first-order valence-corrected chi connectivity index (χ1v) is 7.49. The molecule has 0 amide bonds. The van der Waals surface area contributed by atoms with Gasteiger partial charge in [0.2, 0.25) is 0 Å². The van der Waals surface area contributed by atoms with E-state index in [0.717, 1.165) is 24.4 Å². The number of hydrogen-bond donors (Lipinski definition) is 2. The van der Waals surface area contributed by atoms with Gasteiger partial charge in [-0.15, -0.1) is 11.8 Å². The number of halogens is 1. The Balaban J connectivity index is 1.84. The van der Waals surface area contributed by atoms with E-state index in [1.165, 1.54) is 17.8 Å². The van der Waals surface area contributed by atoms with Crippen LogP contribution in [0.15, 0.2) is 41.6 Å². The van der Waals surface area contributed by atoms with Crippen LogP contribution in [0.4, 0.5) is 4.39 Å². The minimum atomic E-state index is -0.183. The predicted octanol–water partition coefficient (Wildman–Crippen LogP) is 2.12. The molecule has 2 aromatic rings. The van der Waals surface area contributed by atoms with Crippen molar-refractivity contribution < 1.29 is 4.39 Å². The van der Waals surface area contributed by atoms with Crippen molar-refractivity contribution in [3.8, 4) is 0 Å². The maximum atomic E-state index is 13.5. The fourth-order valence-electron chi connectivity index (χ4n) is 1.91. The van der Waals surface area contributed by atoms with Crippen LogP contribution < -0.4 is 11.3 Å². The molecule has 1 unspecified atom stereocenters. The summed E-state index contributed by atoms with van der Waals surface area (Å²) >= 11 is 1.48. The minimum absolute atomic E-state index is 0.122. The fraction of sp³-hybridized carbons (Fsp3) is 0.357. The topological polar surface area (TPSA) is 55.9 Å². The van der Waals surface area contributed by atoms with Crippen molar-refractivity contribution >= 4 is 11.8 Å². The second kappa shape index (κ2) is 7.42. The quantitative estimate of drug-likeness (QED) is 0.466. The van der Waals surface area contributed by atoms with Crippen molar-refractivity contribution in [2.75, 3.05) is 5.75 Å². The molecule has 0 aliphatic heterocycles. The average Bonchev–Trinajstić information content (AvgIpc) is 2.86. The van der Waals surface area contributed by atoms with Gasteiger partial charge in [0.15, 0.2) is 0 Å². The van der Waals surface area contributed by atoms with Crippen molar-refractivity contribution in [2.45, 2.75) is 23.8 Å². The molecule has 3 N–H and O–H groups in total. The zero-order chi connectivity index (χ0) is 14.4. The van der Waals surface area contributed by atoms with Gasteiger partial charge in [0.1, 0.15) is 11.6 Å². The molecule has 0 saturated heterocycles. The number of nitrogens with two attached hydrogens (primary N) is 1. The molecule has 0 bridgehead atoms. The SMILES string of the molecule is Cn1ccnc1CCC(CSc1ccccc1F)NN. The molecule has 0 fully saturated rings. The second-order valence-corrected chi connectivity index (χ2v) is 5.66. The maximum absolute atomic E-state index is 13.5. The van der Waals surface area contributed by atoms with Crippen molar-refractivity contribution in [3.63, 3.8) is 0 Å². The number of aryl methyl sites for hydroxylation is 2. The minimum Gasteiger partial charge on any atom is -0.338 e. The highest BCUT2D eigenvalue weighted by atomic mass is 32.2. The van der Waals surface area contributed by atoms with E-state index in [9.17, 15) is 4.39 Å². The number of aromatic nitrogens is 2. The van der Waals surface area contributed by atoms with E-state index in [2.05, 4.69) is 10.4 Å². The van der Waals surface area contributed by atoms with Crippen LogP contribution in [0.3, 0.4) is 0 Å². The van der Waals surface area contributed by atoms with Gasteiger partial charge < -0.3 is 4.57 Å². The van der Waals surface area contributed by atoms with Crippen LogP contribution in [0.5, 0.6) is 0 Å². The number of imidazole rings is 1. The van der Waals surface area contributed by atoms with E-state index in [1.54, 1.807) is 18.3 Å². The first kappa shape index (κ1) is 15.0. The molecular weight excluding hydrogens is 275 g/mol. The summed E-state index contributed by atoms with van der Waals surface area (Å²) in [6.07, 6.45) is 5.42.